The number of carbonyl (C=O) groups is 1. The largest absolute Gasteiger partial charge is 0.326 e. The van der Waals surface area contributed by atoms with Crippen molar-refractivity contribution in [1.82, 2.24) is 9.88 Å². The molecule has 2 aromatic rings. The highest BCUT2D eigenvalue weighted by molar-refractivity contribution is 7.07. The summed E-state index contributed by atoms with van der Waals surface area (Å²) >= 11 is 1.25. The Hall–Kier alpha value is -1.92. The lowest BCUT2D eigenvalue weighted by atomic mass is 9.98. The van der Waals surface area contributed by atoms with E-state index in [1.807, 2.05) is 24.4 Å². The Balaban J connectivity index is 1.61. The average molecular weight is 331 g/mol. The van der Waals surface area contributed by atoms with Crippen LogP contribution in [0.1, 0.15) is 36.2 Å². The molecule has 0 spiro atoms. The molecule has 1 aliphatic rings. The van der Waals surface area contributed by atoms with E-state index in [-0.39, 0.29) is 16.8 Å². The molecule has 0 radical (unpaired) electrons. The monoisotopic (exact) mass is 331 g/mol. The van der Waals surface area contributed by atoms with Gasteiger partial charge in [-0.05, 0) is 37.5 Å². The number of thiazole rings is 1. The van der Waals surface area contributed by atoms with Crippen LogP contribution in [0.15, 0.2) is 28.4 Å². The van der Waals surface area contributed by atoms with Gasteiger partial charge in [0.2, 0.25) is 5.91 Å². The first-order valence-electron chi connectivity index (χ1n) is 7.85. The van der Waals surface area contributed by atoms with Crippen LogP contribution >= 0.6 is 11.3 Å². The van der Waals surface area contributed by atoms with Crippen molar-refractivity contribution in [3.05, 3.63) is 50.1 Å². The highest BCUT2D eigenvalue weighted by Crippen LogP contribution is 2.26. The summed E-state index contributed by atoms with van der Waals surface area (Å²) in [6, 6.07) is 6.39. The summed E-state index contributed by atoms with van der Waals surface area (Å²) in [7, 11) is 0. The first kappa shape index (κ1) is 16.0. The fourth-order valence-electron chi connectivity index (χ4n) is 2.86. The molecule has 0 saturated heterocycles. The quantitative estimate of drug-likeness (QED) is 0.884. The number of hydrogen-bond acceptors (Lipinski definition) is 4. The molecule has 0 fully saturated rings. The Morgan fingerprint density at radius 1 is 1.35 bits per heavy atom. The van der Waals surface area contributed by atoms with Crippen LogP contribution in [0.4, 0.5) is 5.69 Å². The van der Waals surface area contributed by atoms with Crippen LogP contribution in [0, 0.1) is 6.92 Å². The van der Waals surface area contributed by atoms with Gasteiger partial charge in [-0.1, -0.05) is 23.5 Å². The van der Waals surface area contributed by atoms with Crippen molar-refractivity contribution in [2.24, 2.45) is 0 Å². The van der Waals surface area contributed by atoms with E-state index in [0.717, 1.165) is 24.3 Å². The van der Waals surface area contributed by atoms with Crippen molar-refractivity contribution in [3.8, 4) is 0 Å². The summed E-state index contributed by atoms with van der Waals surface area (Å²) in [6.45, 7) is 5.50. The molecule has 1 amide bonds. The second kappa shape index (κ2) is 6.68. The van der Waals surface area contributed by atoms with Gasteiger partial charge in [0, 0.05) is 42.3 Å². The van der Waals surface area contributed by atoms with Gasteiger partial charge in [0.1, 0.15) is 0 Å². The lowest BCUT2D eigenvalue weighted by Gasteiger charge is -2.20. The molecular weight excluding hydrogens is 310 g/mol. The summed E-state index contributed by atoms with van der Waals surface area (Å²) in [5.74, 6) is 0.0907. The first-order valence-corrected chi connectivity index (χ1v) is 8.73. The van der Waals surface area contributed by atoms with Crippen molar-refractivity contribution in [2.45, 2.75) is 39.3 Å². The van der Waals surface area contributed by atoms with Gasteiger partial charge in [-0.15, -0.1) is 0 Å². The number of fused-ring (bicyclic) bond motifs is 1. The standard InChI is InChI=1S/C17H21N3O2S/c1-11-10-23-17(22)20(11)8-7-18-12(2)13-3-5-15-14(9-13)4-6-16(21)19-15/h3,5,9-10,12,18H,4,6-8H2,1-2H3,(H,19,21)/t12-/m0/s1. The predicted molar refractivity (Wildman–Crippen MR) is 93.1 cm³/mol. The number of nitrogens with zero attached hydrogens (tertiary/aromatic N) is 1. The molecule has 0 aliphatic carbocycles. The molecule has 1 atom stereocenters. The maximum atomic E-state index is 11.7. The summed E-state index contributed by atoms with van der Waals surface area (Å²) in [4.78, 5) is 23.2. The zero-order chi connectivity index (χ0) is 16.4. The fraction of sp³-hybridized carbons (Fsp3) is 0.412. The minimum absolute atomic E-state index is 0.0907. The second-order valence-electron chi connectivity index (χ2n) is 5.94. The van der Waals surface area contributed by atoms with Crippen molar-refractivity contribution in [3.63, 3.8) is 0 Å². The van der Waals surface area contributed by atoms with E-state index in [1.165, 1.54) is 22.5 Å². The Bertz CT molecular complexity index is 778. The molecule has 1 aromatic carbocycles. The first-order chi connectivity index (χ1) is 11.0. The number of anilines is 1. The Morgan fingerprint density at radius 3 is 2.91 bits per heavy atom. The summed E-state index contributed by atoms with van der Waals surface area (Å²) in [5.41, 5.74) is 4.34. The van der Waals surface area contributed by atoms with E-state index in [1.54, 1.807) is 4.57 Å². The highest BCUT2D eigenvalue weighted by atomic mass is 32.1. The molecule has 6 heteroatoms. The lowest BCUT2D eigenvalue weighted by molar-refractivity contribution is -0.116. The fourth-order valence-corrected chi connectivity index (χ4v) is 3.62. The molecule has 2 heterocycles. The third-order valence-electron chi connectivity index (χ3n) is 4.29. The van der Waals surface area contributed by atoms with Crippen LogP contribution in [0.3, 0.4) is 0 Å². The third kappa shape index (κ3) is 3.54. The second-order valence-corrected chi connectivity index (χ2v) is 6.76. The smallest absolute Gasteiger partial charge is 0.307 e. The Morgan fingerprint density at radius 2 is 2.17 bits per heavy atom. The molecule has 0 unspecified atom stereocenters. The molecule has 5 nitrogen and oxygen atoms in total. The van der Waals surface area contributed by atoms with Crippen molar-refractivity contribution in [2.75, 3.05) is 11.9 Å². The highest BCUT2D eigenvalue weighted by Gasteiger charge is 2.16. The average Bonchev–Trinajstić information content (AvgIpc) is 2.86. The van der Waals surface area contributed by atoms with Gasteiger partial charge in [-0.2, -0.15) is 0 Å². The number of amides is 1. The van der Waals surface area contributed by atoms with Gasteiger partial charge in [-0.3, -0.25) is 9.59 Å². The summed E-state index contributed by atoms with van der Waals surface area (Å²) < 4.78 is 1.80. The number of rotatable bonds is 5. The van der Waals surface area contributed by atoms with Crippen LogP contribution in [-0.2, 0) is 17.8 Å². The van der Waals surface area contributed by atoms with Crippen LogP contribution in [0.5, 0.6) is 0 Å². The van der Waals surface area contributed by atoms with Crippen molar-refractivity contribution < 1.29 is 4.79 Å². The van der Waals surface area contributed by atoms with Gasteiger partial charge in [-0.25, -0.2) is 0 Å². The van der Waals surface area contributed by atoms with Crippen LogP contribution in [-0.4, -0.2) is 17.0 Å². The van der Waals surface area contributed by atoms with Crippen LogP contribution < -0.4 is 15.5 Å². The molecular formula is C17H21N3O2S. The van der Waals surface area contributed by atoms with Gasteiger partial charge < -0.3 is 15.2 Å². The third-order valence-corrected chi connectivity index (χ3v) is 5.17. The topological polar surface area (TPSA) is 63.1 Å². The number of benzene rings is 1. The number of nitrogens with one attached hydrogen (secondary N) is 2. The zero-order valence-corrected chi connectivity index (χ0v) is 14.2. The molecule has 122 valence electrons. The van der Waals surface area contributed by atoms with E-state index in [4.69, 9.17) is 0 Å². The molecule has 0 saturated carbocycles. The normalized spacial score (nSPS) is 15.1. The predicted octanol–water partition coefficient (Wildman–Crippen LogP) is 2.45. The molecule has 1 aromatic heterocycles. The number of carbonyl (C=O) groups excluding carboxylic acids is 1. The molecule has 2 N–H and O–H groups in total. The van der Waals surface area contributed by atoms with Crippen molar-refractivity contribution in [1.29, 1.82) is 0 Å². The number of aryl methyl sites for hydroxylation is 2. The van der Waals surface area contributed by atoms with E-state index in [2.05, 4.69) is 23.6 Å². The minimum Gasteiger partial charge on any atom is -0.326 e. The molecule has 1 aliphatic heterocycles. The summed E-state index contributed by atoms with van der Waals surface area (Å²) in [5, 5.41) is 8.26. The summed E-state index contributed by atoms with van der Waals surface area (Å²) in [6.07, 6.45) is 1.35. The van der Waals surface area contributed by atoms with Gasteiger partial charge in [0.05, 0.1) is 0 Å². The van der Waals surface area contributed by atoms with Gasteiger partial charge in [0.15, 0.2) is 0 Å². The van der Waals surface area contributed by atoms with Crippen LogP contribution in [0.25, 0.3) is 0 Å². The maximum absolute atomic E-state index is 11.7. The molecule has 3 rings (SSSR count). The van der Waals surface area contributed by atoms with Crippen LogP contribution in [0.2, 0.25) is 0 Å². The Kier molecular flexibility index (Phi) is 4.63. The van der Waals surface area contributed by atoms with E-state index in [0.29, 0.717) is 13.0 Å². The minimum atomic E-state index is 0.0907. The lowest BCUT2D eigenvalue weighted by Crippen LogP contribution is -2.27. The SMILES string of the molecule is Cc1csc(=O)n1CCN[C@@H](C)c1ccc2c(c1)CCC(=O)N2. The van der Waals surface area contributed by atoms with E-state index < -0.39 is 0 Å². The van der Waals surface area contributed by atoms with Crippen molar-refractivity contribution >= 4 is 22.9 Å². The number of aromatic nitrogens is 1. The molecule has 23 heavy (non-hydrogen) atoms. The maximum Gasteiger partial charge on any atom is 0.307 e. The van der Waals surface area contributed by atoms with Gasteiger partial charge >= 0.3 is 4.87 Å². The Labute approximate surface area is 139 Å². The zero-order valence-electron chi connectivity index (χ0n) is 13.4. The van der Waals surface area contributed by atoms with Gasteiger partial charge in [0.25, 0.3) is 0 Å². The van der Waals surface area contributed by atoms with E-state index in [9.17, 15) is 9.59 Å². The van der Waals surface area contributed by atoms with E-state index >= 15 is 0 Å². The molecule has 0 bridgehead atoms. The number of hydrogen-bond donors (Lipinski definition) is 2.